The average molecular weight is 475 g/mol. The van der Waals surface area contributed by atoms with Gasteiger partial charge in [0.05, 0.1) is 18.1 Å². The van der Waals surface area contributed by atoms with Gasteiger partial charge in [0.1, 0.15) is 6.17 Å². The van der Waals surface area contributed by atoms with Crippen molar-refractivity contribution in [3.63, 3.8) is 0 Å². The van der Waals surface area contributed by atoms with Crippen LogP contribution in [0.1, 0.15) is 49.9 Å². The van der Waals surface area contributed by atoms with E-state index in [1.165, 1.54) is 30.5 Å². The first-order valence-corrected chi connectivity index (χ1v) is 12.2. The molecule has 1 aliphatic rings. The van der Waals surface area contributed by atoms with Gasteiger partial charge in [-0.05, 0) is 43.5 Å². The quantitative estimate of drug-likeness (QED) is 0.405. The summed E-state index contributed by atoms with van der Waals surface area (Å²) in [6.07, 6.45) is 7.03. The molecule has 4 rings (SSSR count). The zero-order chi connectivity index (χ0) is 25.6. The second-order valence-corrected chi connectivity index (χ2v) is 9.05. The molecule has 0 aliphatic carbocycles. The lowest BCUT2D eigenvalue weighted by Gasteiger charge is -2.22. The standard InChI is InChI=1S/C14H20N2.C9H12.C6H10N4/c1-12(14-9-6-10-16(14)2)15-11-13-7-4-3-5-8-13;1-8(2)9-6-4-3-5-7-9;1-2-6(8)10-4-5(7)3-9-10/h3-5,7-8,14-15H,1,6,9-11H2,2H3;3-8H,1-2H3;2-4,6H,1,7-8H2. The first kappa shape index (κ1) is 27.9. The van der Waals surface area contributed by atoms with Gasteiger partial charge in [-0.2, -0.15) is 5.10 Å². The number of rotatable bonds is 7. The molecule has 2 atom stereocenters. The molecule has 0 saturated carbocycles. The minimum Gasteiger partial charge on any atom is -0.396 e. The van der Waals surface area contributed by atoms with Gasteiger partial charge in [-0.25, -0.2) is 4.68 Å². The number of likely N-dealkylation sites (N-methyl/N-ethyl adjacent to an activating group) is 1. The van der Waals surface area contributed by atoms with Gasteiger partial charge in [0, 0.05) is 18.3 Å². The van der Waals surface area contributed by atoms with Crippen LogP contribution in [0.4, 0.5) is 5.69 Å². The van der Waals surface area contributed by atoms with E-state index in [0.29, 0.717) is 17.6 Å². The Kier molecular flexibility index (Phi) is 11.8. The van der Waals surface area contributed by atoms with Crippen molar-refractivity contribution in [2.45, 2.75) is 51.4 Å². The number of aromatic nitrogens is 2. The number of benzene rings is 2. The van der Waals surface area contributed by atoms with Gasteiger partial charge < -0.3 is 16.8 Å². The summed E-state index contributed by atoms with van der Waals surface area (Å²) >= 11 is 0. The Bertz CT molecular complexity index is 996. The second kappa shape index (κ2) is 14.8. The summed E-state index contributed by atoms with van der Waals surface area (Å²) in [5, 5.41) is 7.32. The molecule has 6 heteroatoms. The van der Waals surface area contributed by atoms with E-state index in [-0.39, 0.29) is 6.17 Å². The van der Waals surface area contributed by atoms with Crippen LogP contribution < -0.4 is 16.8 Å². The lowest BCUT2D eigenvalue weighted by Crippen LogP contribution is -2.32. The zero-order valence-corrected chi connectivity index (χ0v) is 21.5. The maximum Gasteiger partial charge on any atom is 0.117 e. The van der Waals surface area contributed by atoms with Crippen LogP contribution in [0.25, 0.3) is 0 Å². The van der Waals surface area contributed by atoms with Gasteiger partial charge in [0.2, 0.25) is 0 Å². The molecule has 1 aromatic heterocycles. The topological polar surface area (TPSA) is 85.1 Å². The highest BCUT2D eigenvalue weighted by Gasteiger charge is 2.22. The summed E-state index contributed by atoms with van der Waals surface area (Å²) in [7, 11) is 2.17. The van der Waals surface area contributed by atoms with Crippen LogP contribution in [0.2, 0.25) is 0 Å². The number of nitrogens with one attached hydrogen (secondary N) is 1. The van der Waals surface area contributed by atoms with E-state index in [9.17, 15) is 0 Å². The number of nitrogen functional groups attached to an aromatic ring is 1. The van der Waals surface area contributed by atoms with E-state index in [4.69, 9.17) is 11.5 Å². The molecule has 0 amide bonds. The lowest BCUT2D eigenvalue weighted by molar-refractivity contribution is 0.334. The highest BCUT2D eigenvalue weighted by atomic mass is 15.3. The van der Waals surface area contributed by atoms with Crippen LogP contribution in [-0.2, 0) is 6.54 Å². The van der Waals surface area contributed by atoms with Crippen molar-refractivity contribution in [3.05, 3.63) is 109 Å². The molecule has 1 aliphatic heterocycles. The third-order valence-corrected chi connectivity index (χ3v) is 5.92. The van der Waals surface area contributed by atoms with Crippen molar-refractivity contribution in [3.8, 4) is 0 Å². The van der Waals surface area contributed by atoms with Crippen molar-refractivity contribution in [2.75, 3.05) is 19.3 Å². The van der Waals surface area contributed by atoms with E-state index < -0.39 is 0 Å². The fourth-order valence-corrected chi connectivity index (χ4v) is 3.74. The number of nitrogens with zero attached hydrogens (tertiary/aromatic N) is 3. The SMILES string of the molecule is C=C(NCc1ccccc1)C1CCCN1C.C=CC(N)n1cc(N)cn1.CC(C)c1ccccc1. The molecule has 0 bridgehead atoms. The fraction of sp³-hybridized carbons (Fsp3) is 0.345. The number of nitrogens with two attached hydrogens (primary N) is 2. The maximum atomic E-state index is 5.53. The van der Waals surface area contributed by atoms with Crippen LogP contribution in [0, 0.1) is 0 Å². The van der Waals surface area contributed by atoms with Crippen molar-refractivity contribution in [1.82, 2.24) is 20.0 Å². The van der Waals surface area contributed by atoms with Gasteiger partial charge >= 0.3 is 0 Å². The van der Waals surface area contributed by atoms with E-state index in [1.807, 2.05) is 12.1 Å². The number of likely N-dealkylation sites (tertiary alicyclic amines) is 1. The number of anilines is 1. The summed E-state index contributed by atoms with van der Waals surface area (Å²) < 4.78 is 1.54. The van der Waals surface area contributed by atoms with E-state index in [0.717, 1.165) is 12.2 Å². The molecule has 1 fully saturated rings. The van der Waals surface area contributed by atoms with Gasteiger partial charge in [-0.1, -0.05) is 93.7 Å². The first-order valence-electron chi connectivity index (χ1n) is 12.2. The monoisotopic (exact) mass is 474 g/mol. The third-order valence-electron chi connectivity index (χ3n) is 5.92. The van der Waals surface area contributed by atoms with Gasteiger partial charge in [-0.15, -0.1) is 0 Å². The van der Waals surface area contributed by atoms with Crippen molar-refractivity contribution in [1.29, 1.82) is 0 Å². The first-order chi connectivity index (χ1) is 16.8. The van der Waals surface area contributed by atoms with Crippen LogP contribution in [0.5, 0.6) is 0 Å². The molecular formula is C29H42N6. The van der Waals surface area contributed by atoms with E-state index in [2.05, 4.69) is 97.9 Å². The summed E-state index contributed by atoms with van der Waals surface area (Å²) in [5.74, 6) is 0.659. The Labute approximate surface area is 211 Å². The van der Waals surface area contributed by atoms with Crippen molar-refractivity contribution >= 4 is 5.69 Å². The highest BCUT2D eigenvalue weighted by molar-refractivity contribution is 5.30. The average Bonchev–Trinajstić information content (AvgIpc) is 3.52. The smallest absolute Gasteiger partial charge is 0.117 e. The summed E-state index contributed by atoms with van der Waals surface area (Å²) in [5.41, 5.74) is 15.4. The summed E-state index contributed by atoms with van der Waals surface area (Å²) in [4.78, 5) is 2.38. The minimum atomic E-state index is -0.280. The molecule has 2 aromatic carbocycles. The van der Waals surface area contributed by atoms with E-state index >= 15 is 0 Å². The molecule has 3 aromatic rings. The van der Waals surface area contributed by atoms with Crippen molar-refractivity contribution < 1.29 is 0 Å². The predicted octanol–water partition coefficient (Wildman–Crippen LogP) is 5.30. The predicted molar refractivity (Wildman–Crippen MR) is 149 cm³/mol. The largest absolute Gasteiger partial charge is 0.396 e. The molecule has 35 heavy (non-hydrogen) atoms. The fourth-order valence-electron chi connectivity index (χ4n) is 3.74. The Hall–Kier alpha value is -3.35. The minimum absolute atomic E-state index is 0.280. The normalized spacial score (nSPS) is 15.9. The Morgan fingerprint density at radius 2 is 1.77 bits per heavy atom. The lowest BCUT2D eigenvalue weighted by atomic mass is 10.0. The molecular weight excluding hydrogens is 432 g/mol. The molecule has 2 unspecified atom stereocenters. The van der Waals surface area contributed by atoms with Crippen LogP contribution in [0.15, 0.2) is 98.0 Å². The van der Waals surface area contributed by atoms with E-state index in [1.54, 1.807) is 23.2 Å². The molecule has 0 radical (unpaired) electrons. The second-order valence-electron chi connectivity index (χ2n) is 9.05. The molecule has 0 spiro atoms. The Balaban J connectivity index is 0.000000197. The van der Waals surface area contributed by atoms with Gasteiger partial charge in [0.25, 0.3) is 0 Å². The Morgan fingerprint density at radius 3 is 2.23 bits per heavy atom. The number of hydrogen-bond acceptors (Lipinski definition) is 5. The summed E-state index contributed by atoms with van der Waals surface area (Å²) in [6, 6.07) is 21.5. The van der Waals surface area contributed by atoms with Gasteiger partial charge in [0.15, 0.2) is 0 Å². The Morgan fingerprint density at radius 1 is 1.14 bits per heavy atom. The molecule has 6 nitrogen and oxygen atoms in total. The summed E-state index contributed by atoms with van der Waals surface area (Å²) in [6.45, 7) is 14.1. The maximum absolute atomic E-state index is 5.53. The van der Waals surface area contributed by atoms with Crippen LogP contribution >= 0.6 is 0 Å². The van der Waals surface area contributed by atoms with Crippen molar-refractivity contribution in [2.24, 2.45) is 5.73 Å². The molecule has 5 N–H and O–H groups in total. The molecule has 2 heterocycles. The molecule has 1 saturated heterocycles. The number of hydrogen-bond donors (Lipinski definition) is 3. The zero-order valence-electron chi connectivity index (χ0n) is 21.5. The van der Waals surface area contributed by atoms with Gasteiger partial charge in [-0.3, -0.25) is 4.90 Å². The van der Waals surface area contributed by atoms with Crippen LogP contribution in [-0.4, -0.2) is 34.3 Å². The molecule has 188 valence electrons. The van der Waals surface area contributed by atoms with Crippen LogP contribution in [0.3, 0.4) is 0 Å². The highest BCUT2D eigenvalue weighted by Crippen LogP contribution is 2.19. The third kappa shape index (κ3) is 9.81.